The van der Waals surface area contributed by atoms with Gasteiger partial charge in [-0.1, -0.05) is 141 Å². The molecule has 0 spiro atoms. The lowest BCUT2D eigenvalue weighted by molar-refractivity contribution is -0.694. The summed E-state index contributed by atoms with van der Waals surface area (Å²) >= 11 is 0. The predicted molar refractivity (Wildman–Crippen MR) is 201 cm³/mol. The van der Waals surface area contributed by atoms with Crippen molar-refractivity contribution >= 4 is 10.0 Å². The average molecular weight is 805 g/mol. The van der Waals surface area contributed by atoms with E-state index in [9.17, 15) is 8.42 Å². The number of halogens is 1. The second kappa shape index (κ2) is 22.8. The fourth-order valence-electron chi connectivity index (χ4n) is 6.23. The summed E-state index contributed by atoms with van der Waals surface area (Å²) in [5.74, 6) is 0.904. The van der Waals surface area contributed by atoms with E-state index in [1.165, 1.54) is 83.5 Å². The molecule has 5 nitrogen and oxygen atoms in total. The molecule has 0 saturated heterocycles. The zero-order chi connectivity index (χ0) is 34.8. The molecule has 274 valence electrons. The third-order valence-corrected chi connectivity index (χ3v) is 11.1. The number of rotatable bonds is 23. The van der Waals surface area contributed by atoms with Crippen molar-refractivity contribution in [3.8, 4) is 5.75 Å². The Kier molecular flexibility index (Phi) is 20.1. The van der Waals surface area contributed by atoms with E-state index in [0.717, 1.165) is 41.0 Å². The van der Waals surface area contributed by atoms with Gasteiger partial charge >= 0.3 is 0 Å². The lowest BCUT2D eigenvalue weighted by atomic mass is 9.85. The Bertz CT molecular complexity index is 1450. The van der Waals surface area contributed by atoms with E-state index >= 15 is 0 Å². The first kappa shape index (κ1) is 43.2. The van der Waals surface area contributed by atoms with Gasteiger partial charge in [0.05, 0.1) is 11.5 Å². The number of benzene rings is 2. The number of nitrogens with zero attached hydrogens (tertiary/aromatic N) is 2. The second-order valence-electron chi connectivity index (χ2n) is 14.7. The highest BCUT2D eigenvalue weighted by atomic mass is 127. The molecule has 7 heteroatoms. The standard InChI is InChI=1S/C42H65N2O3S.HI/c1-7-9-10-11-12-13-14-15-16-17-18-19-20-21-31-47-41-29-26-37(32-40(41)42(4,5)6)34-44(35-38-23-22-30-43(8-2)33-38)48(45,46)39-27-24-36(3)25-28-39;/h22-30,32-33H,7-21,31,34-35H2,1-6H3;1H/q+1;/p-1. The summed E-state index contributed by atoms with van der Waals surface area (Å²) in [7, 11) is -3.74. The summed E-state index contributed by atoms with van der Waals surface area (Å²) in [6, 6.07) is 17.4. The molecule has 2 aromatic carbocycles. The van der Waals surface area contributed by atoms with Gasteiger partial charge in [0.15, 0.2) is 12.4 Å². The van der Waals surface area contributed by atoms with Crippen LogP contribution in [0.5, 0.6) is 5.75 Å². The van der Waals surface area contributed by atoms with Crippen LogP contribution in [0.4, 0.5) is 0 Å². The second-order valence-corrected chi connectivity index (χ2v) is 16.6. The Morgan fingerprint density at radius 2 is 1.27 bits per heavy atom. The van der Waals surface area contributed by atoms with Crippen LogP contribution in [0.3, 0.4) is 0 Å². The highest BCUT2D eigenvalue weighted by Crippen LogP contribution is 2.33. The van der Waals surface area contributed by atoms with Crippen molar-refractivity contribution in [3.05, 3.63) is 89.2 Å². The van der Waals surface area contributed by atoms with Crippen LogP contribution in [0.2, 0.25) is 0 Å². The van der Waals surface area contributed by atoms with Gasteiger partial charge in [-0.2, -0.15) is 4.31 Å². The summed E-state index contributed by atoms with van der Waals surface area (Å²) < 4.78 is 38.1. The maximum Gasteiger partial charge on any atom is 0.243 e. The number of aromatic nitrogens is 1. The highest BCUT2D eigenvalue weighted by molar-refractivity contribution is 7.89. The van der Waals surface area contributed by atoms with Gasteiger partial charge in [0.1, 0.15) is 12.3 Å². The largest absolute Gasteiger partial charge is 1.00 e. The Morgan fingerprint density at radius 3 is 1.82 bits per heavy atom. The SMILES string of the molecule is CCCCCCCCCCCCCCCCOc1ccc(CN(Cc2ccc[n+](CC)c2)S(=O)(=O)c2ccc(C)cc2)cc1C(C)(C)C.[I-]. The minimum Gasteiger partial charge on any atom is -1.00 e. The fourth-order valence-corrected chi connectivity index (χ4v) is 7.64. The van der Waals surface area contributed by atoms with E-state index in [-0.39, 0.29) is 35.9 Å². The molecule has 1 heterocycles. The maximum atomic E-state index is 14.0. The van der Waals surface area contributed by atoms with E-state index in [1.807, 2.05) is 55.7 Å². The van der Waals surface area contributed by atoms with Gasteiger partial charge in [0.25, 0.3) is 0 Å². The van der Waals surface area contributed by atoms with E-state index < -0.39 is 10.0 Å². The van der Waals surface area contributed by atoms with Gasteiger partial charge < -0.3 is 28.7 Å². The van der Waals surface area contributed by atoms with Crippen LogP contribution >= 0.6 is 0 Å². The number of ether oxygens (including phenoxy) is 1. The molecule has 0 fully saturated rings. The van der Waals surface area contributed by atoms with E-state index in [2.05, 4.69) is 45.3 Å². The van der Waals surface area contributed by atoms with Gasteiger partial charge in [-0.3, -0.25) is 0 Å². The third-order valence-electron chi connectivity index (χ3n) is 9.27. The number of sulfonamides is 1. The van der Waals surface area contributed by atoms with Gasteiger partial charge in [0.2, 0.25) is 10.0 Å². The van der Waals surface area contributed by atoms with Crippen molar-refractivity contribution in [1.29, 1.82) is 0 Å². The number of pyridine rings is 1. The number of aryl methyl sites for hydroxylation is 2. The molecule has 0 atom stereocenters. The van der Waals surface area contributed by atoms with Crippen LogP contribution in [-0.2, 0) is 35.1 Å². The van der Waals surface area contributed by atoms with Gasteiger partial charge in [-0.05, 0) is 61.1 Å². The molecule has 0 aliphatic rings. The first-order chi connectivity index (χ1) is 23.0. The number of hydrogen-bond donors (Lipinski definition) is 0. The number of hydrogen-bond acceptors (Lipinski definition) is 3. The molecular weight excluding hydrogens is 739 g/mol. The van der Waals surface area contributed by atoms with Crippen molar-refractivity contribution in [2.75, 3.05) is 6.61 Å². The van der Waals surface area contributed by atoms with Crippen LogP contribution < -0.4 is 33.3 Å². The molecule has 0 unspecified atom stereocenters. The normalized spacial score (nSPS) is 11.9. The monoisotopic (exact) mass is 804 g/mol. The Labute approximate surface area is 317 Å². The molecule has 0 bridgehead atoms. The smallest absolute Gasteiger partial charge is 0.243 e. The third kappa shape index (κ3) is 15.4. The summed E-state index contributed by atoms with van der Waals surface area (Å²) in [4.78, 5) is 0.316. The molecule has 1 aromatic heterocycles. The van der Waals surface area contributed by atoms with Crippen LogP contribution in [0.1, 0.15) is 147 Å². The van der Waals surface area contributed by atoms with Crippen molar-refractivity contribution < 1.29 is 41.7 Å². The van der Waals surface area contributed by atoms with Gasteiger partial charge in [0, 0.05) is 24.7 Å². The van der Waals surface area contributed by atoms with Crippen molar-refractivity contribution in [1.82, 2.24) is 4.31 Å². The molecule has 0 N–H and O–H groups in total. The topological polar surface area (TPSA) is 50.5 Å². The molecule has 0 radical (unpaired) electrons. The van der Waals surface area contributed by atoms with Crippen molar-refractivity contribution in [3.63, 3.8) is 0 Å². The predicted octanol–water partition coefficient (Wildman–Crippen LogP) is 7.86. The minimum atomic E-state index is -3.74. The lowest BCUT2D eigenvalue weighted by Crippen LogP contribution is -3.00. The highest BCUT2D eigenvalue weighted by Gasteiger charge is 2.27. The van der Waals surface area contributed by atoms with E-state index in [4.69, 9.17) is 4.74 Å². The first-order valence-electron chi connectivity index (χ1n) is 18.9. The summed E-state index contributed by atoms with van der Waals surface area (Å²) in [5, 5.41) is 0. The molecule has 0 amide bonds. The molecule has 3 aromatic rings. The van der Waals surface area contributed by atoms with Crippen LogP contribution in [0, 0.1) is 6.92 Å². The van der Waals surface area contributed by atoms with Crippen molar-refractivity contribution in [2.24, 2.45) is 0 Å². The van der Waals surface area contributed by atoms with Crippen molar-refractivity contribution in [2.45, 2.75) is 161 Å². The summed E-state index contributed by atoms with van der Waals surface area (Å²) in [5.41, 5.74) is 3.92. The first-order valence-corrected chi connectivity index (χ1v) is 20.3. The van der Waals surface area contributed by atoms with Crippen LogP contribution in [0.15, 0.2) is 71.9 Å². The van der Waals surface area contributed by atoms with Gasteiger partial charge in [-0.15, -0.1) is 0 Å². The molecule has 0 saturated carbocycles. The Morgan fingerprint density at radius 1 is 0.714 bits per heavy atom. The Hall–Kier alpha value is -1.97. The van der Waals surface area contributed by atoms with E-state index in [1.54, 1.807) is 16.4 Å². The van der Waals surface area contributed by atoms with E-state index in [0.29, 0.717) is 18.0 Å². The quantitative estimate of drug-likeness (QED) is 0.0558. The molecule has 49 heavy (non-hydrogen) atoms. The summed E-state index contributed by atoms with van der Waals surface area (Å²) in [6.07, 6.45) is 22.8. The average Bonchev–Trinajstić information content (AvgIpc) is 3.06. The van der Waals surface area contributed by atoms with Crippen LogP contribution in [0.25, 0.3) is 0 Å². The molecular formula is C42H65IN2O3S. The molecule has 3 rings (SSSR count). The zero-order valence-corrected chi connectivity index (χ0v) is 34.5. The van der Waals surface area contributed by atoms with Crippen LogP contribution in [-0.4, -0.2) is 19.3 Å². The maximum absolute atomic E-state index is 14.0. The zero-order valence-electron chi connectivity index (χ0n) is 31.5. The fraction of sp³-hybridized carbons (Fsp3) is 0.595. The number of unbranched alkanes of at least 4 members (excludes halogenated alkanes) is 13. The molecule has 0 aliphatic heterocycles. The molecule has 0 aliphatic carbocycles. The Balaban J connectivity index is 0.00000833. The van der Waals surface area contributed by atoms with Gasteiger partial charge in [-0.25, -0.2) is 13.0 Å². The summed E-state index contributed by atoms with van der Waals surface area (Å²) in [6.45, 7) is 15.0. The lowest BCUT2D eigenvalue weighted by Gasteiger charge is -2.26. The minimum absolute atomic E-state index is 0.